The monoisotopic (exact) mass is 424 g/mol. The first-order chi connectivity index (χ1) is 14.9. The highest BCUT2D eigenvalue weighted by Crippen LogP contribution is 2.13. The molecule has 0 aliphatic carbocycles. The number of hydrogen-bond donors (Lipinski definition) is 2. The number of rotatable bonds is 6. The van der Waals surface area contributed by atoms with Crippen LogP contribution in [0.4, 0.5) is 0 Å². The Hall–Kier alpha value is -3.95. The lowest BCUT2D eigenvalue weighted by molar-refractivity contribution is -0.143. The molecular formula is C21H20N4O6. The summed E-state index contributed by atoms with van der Waals surface area (Å²) in [6.45, 7) is 0.280. The number of nitrogens with zero attached hydrogens (tertiary/aromatic N) is 2. The van der Waals surface area contributed by atoms with Gasteiger partial charge in [0.2, 0.25) is 5.78 Å². The first-order valence-electron chi connectivity index (χ1n) is 9.82. The van der Waals surface area contributed by atoms with Crippen LogP contribution >= 0.6 is 0 Å². The largest absolute Gasteiger partial charge is 0.456 e. The number of benzene rings is 1. The Bertz CT molecular complexity index is 1280. The average molecular weight is 424 g/mol. The average Bonchev–Trinajstić information content (AvgIpc) is 3.48. The standard InChI is InChI=1S/C21H20N4O6/c26-17(13-9-16(22-10-13)21(30)24-7-3-4-8-24)12-31-18(27)11-25-20(29)15-6-2-1-5-14(15)19(28)23-25/h1-2,5-6,9-10,22H,3-4,7-8,11-12H2,(H,23,28). The summed E-state index contributed by atoms with van der Waals surface area (Å²) in [5.41, 5.74) is -0.542. The van der Waals surface area contributed by atoms with Crippen LogP contribution < -0.4 is 11.1 Å². The molecule has 1 aromatic carbocycles. The van der Waals surface area contributed by atoms with Crippen LogP contribution in [0.3, 0.4) is 0 Å². The highest BCUT2D eigenvalue weighted by Gasteiger charge is 2.22. The van der Waals surface area contributed by atoms with E-state index in [4.69, 9.17) is 4.74 Å². The van der Waals surface area contributed by atoms with Gasteiger partial charge in [0.1, 0.15) is 12.2 Å². The molecule has 1 saturated heterocycles. The zero-order chi connectivity index (χ0) is 22.0. The highest BCUT2D eigenvalue weighted by atomic mass is 16.5. The van der Waals surface area contributed by atoms with Crippen LogP contribution in [0.5, 0.6) is 0 Å². The quantitative estimate of drug-likeness (QED) is 0.441. The van der Waals surface area contributed by atoms with Crippen molar-refractivity contribution in [1.82, 2.24) is 19.7 Å². The second-order valence-electron chi connectivity index (χ2n) is 7.26. The van der Waals surface area contributed by atoms with Gasteiger partial charge in [0, 0.05) is 24.8 Å². The maximum Gasteiger partial charge on any atom is 0.328 e. The van der Waals surface area contributed by atoms with Crippen molar-refractivity contribution in [2.45, 2.75) is 19.4 Å². The van der Waals surface area contributed by atoms with Crippen molar-refractivity contribution in [3.8, 4) is 0 Å². The SMILES string of the molecule is O=C(Cn1[nH]c(=O)c2ccccc2c1=O)OCC(=O)c1c[nH]c(C(=O)N2CCCC2)c1. The van der Waals surface area contributed by atoms with Crippen LogP contribution in [0.25, 0.3) is 10.8 Å². The van der Waals surface area contributed by atoms with Gasteiger partial charge in [-0.15, -0.1) is 0 Å². The van der Waals surface area contributed by atoms with Crippen molar-refractivity contribution < 1.29 is 19.1 Å². The summed E-state index contributed by atoms with van der Waals surface area (Å²) in [4.78, 5) is 65.8. The molecule has 2 aromatic heterocycles. The van der Waals surface area contributed by atoms with Gasteiger partial charge in [-0.1, -0.05) is 12.1 Å². The molecule has 0 radical (unpaired) electrons. The molecule has 3 aromatic rings. The number of aromatic amines is 2. The van der Waals surface area contributed by atoms with Crippen molar-refractivity contribution in [1.29, 1.82) is 0 Å². The smallest absolute Gasteiger partial charge is 0.328 e. The predicted octanol–water partition coefficient (Wildman–Crippen LogP) is 0.680. The Morgan fingerprint density at radius 2 is 1.74 bits per heavy atom. The van der Waals surface area contributed by atoms with Gasteiger partial charge in [0.05, 0.1) is 10.8 Å². The molecule has 1 amide bonds. The van der Waals surface area contributed by atoms with E-state index in [1.54, 1.807) is 17.0 Å². The Morgan fingerprint density at radius 1 is 1.03 bits per heavy atom. The van der Waals surface area contributed by atoms with E-state index in [1.807, 2.05) is 0 Å². The summed E-state index contributed by atoms with van der Waals surface area (Å²) in [5.74, 6) is -1.53. The summed E-state index contributed by atoms with van der Waals surface area (Å²) < 4.78 is 5.81. The normalized spacial score (nSPS) is 13.5. The number of H-pyrrole nitrogens is 2. The molecule has 3 heterocycles. The fourth-order valence-electron chi connectivity index (χ4n) is 3.53. The van der Waals surface area contributed by atoms with E-state index < -0.39 is 36.0 Å². The summed E-state index contributed by atoms with van der Waals surface area (Å²) >= 11 is 0. The second kappa shape index (κ2) is 8.42. The summed E-state index contributed by atoms with van der Waals surface area (Å²) in [5, 5.41) is 2.73. The molecule has 31 heavy (non-hydrogen) atoms. The fourth-order valence-corrected chi connectivity index (χ4v) is 3.53. The lowest BCUT2D eigenvalue weighted by Crippen LogP contribution is -2.33. The molecule has 0 atom stereocenters. The number of carbonyl (C=O) groups is 3. The van der Waals surface area contributed by atoms with Crippen molar-refractivity contribution in [3.63, 3.8) is 0 Å². The number of fused-ring (bicyclic) bond motifs is 1. The molecule has 10 heteroatoms. The van der Waals surface area contributed by atoms with E-state index >= 15 is 0 Å². The van der Waals surface area contributed by atoms with Gasteiger partial charge in [-0.25, -0.2) is 4.68 Å². The van der Waals surface area contributed by atoms with Gasteiger partial charge < -0.3 is 14.6 Å². The zero-order valence-corrected chi connectivity index (χ0v) is 16.6. The molecule has 10 nitrogen and oxygen atoms in total. The molecule has 0 spiro atoms. The molecule has 1 aliphatic rings. The third-order valence-corrected chi connectivity index (χ3v) is 5.16. The number of hydrogen-bond acceptors (Lipinski definition) is 6. The number of esters is 1. The van der Waals surface area contributed by atoms with E-state index in [2.05, 4.69) is 10.1 Å². The number of ketones is 1. The number of aromatic nitrogens is 3. The Balaban J connectivity index is 1.38. The third-order valence-electron chi connectivity index (χ3n) is 5.16. The zero-order valence-electron chi connectivity index (χ0n) is 16.6. The minimum Gasteiger partial charge on any atom is -0.456 e. The first kappa shape index (κ1) is 20.3. The van der Waals surface area contributed by atoms with E-state index in [1.165, 1.54) is 24.4 Å². The lowest BCUT2D eigenvalue weighted by atomic mass is 10.2. The van der Waals surface area contributed by atoms with E-state index in [0.717, 1.165) is 17.5 Å². The first-order valence-corrected chi connectivity index (χ1v) is 9.82. The van der Waals surface area contributed by atoms with Crippen molar-refractivity contribution in [2.75, 3.05) is 19.7 Å². The maximum absolute atomic E-state index is 12.4. The summed E-state index contributed by atoms with van der Waals surface area (Å²) in [6.07, 6.45) is 3.31. The molecule has 2 N–H and O–H groups in total. The van der Waals surface area contributed by atoms with Gasteiger partial charge in [-0.05, 0) is 31.0 Å². The van der Waals surface area contributed by atoms with E-state index in [0.29, 0.717) is 18.8 Å². The minimum atomic E-state index is -0.856. The second-order valence-corrected chi connectivity index (χ2v) is 7.26. The van der Waals surface area contributed by atoms with E-state index in [-0.39, 0.29) is 22.2 Å². The van der Waals surface area contributed by atoms with Crippen LogP contribution in [0, 0.1) is 0 Å². The molecule has 0 bridgehead atoms. The number of likely N-dealkylation sites (tertiary alicyclic amines) is 1. The molecule has 160 valence electrons. The van der Waals surface area contributed by atoms with Crippen LogP contribution in [0.2, 0.25) is 0 Å². The van der Waals surface area contributed by atoms with Gasteiger partial charge in [0.25, 0.3) is 17.0 Å². The highest BCUT2D eigenvalue weighted by molar-refractivity contribution is 6.01. The molecular weight excluding hydrogens is 404 g/mol. The molecule has 0 unspecified atom stereocenters. The predicted molar refractivity (Wildman–Crippen MR) is 110 cm³/mol. The van der Waals surface area contributed by atoms with Gasteiger partial charge >= 0.3 is 5.97 Å². The number of ether oxygens (including phenoxy) is 1. The number of nitrogens with one attached hydrogen (secondary N) is 2. The maximum atomic E-state index is 12.4. The van der Waals surface area contributed by atoms with E-state index in [9.17, 15) is 24.0 Å². The summed E-state index contributed by atoms with van der Waals surface area (Å²) in [7, 11) is 0. The Morgan fingerprint density at radius 3 is 2.48 bits per heavy atom. The van der Waals surface area contributed by atoms with Crippen LogP contribution in [0.1, 0.15) is 33.7 Å². The topological polar surface area (TPSA) is 134 Å². The van der Waals surface area contributed by atoms with Gasteiger partial charge in [-0.3, -0.25) is 29.1 Å². The van der Waals surface area contributed by atoms with Crippen LogP contribution in [-0.2, 0) is 16.1 Å². The molecule has 1 aliphatic heterocycles. The van der Waals surface area contributed by atoms with Crippen LogP contribution in [0.15, 0.2) is 46.1 Å². The number of Topliss-reactive ketones (excluding diaryl/α,β-unsaturated/α-hetero) is 1. The minimum absolute atomic E-state index is 0.173. The number of amides is 1. The molecule has 1 fully saturated rings. The van der Waals surface area contributed by atoms with Gasteiger partial charge in [-0.2, -0.15) is 0 Å². The van der Waals surface area contributed by atoms with Crippen molar-refractivity contribution in [3.05, 3.63) is 68.5 Å². The Labute approximate surface area is 175 Å². The Kier molecular flexibility index (Phi) is 5.52. The third kappa shape index (κ3) is 4.18. The van der Waals surface area contributed by atoms with Gasteiger partial charge in [0.15, 0.2) is 6.61 Å². The summed E-state index contributed by atoms with van der Waals surface area (Å²) in [6, 6.07) is 7.68. The van der Waals surface area contributed by atoms with Crippen molar-refractivity contribution >= 4 is 28.4 Å². The molecule has 0 saturated carbocycles. The fraction of sp³-hybridized carbons (Fsp3) is 0.286. The van der Waals surface area contributed by atoms with Crippen molar-refractivity contribution in [2.24, 2.45) is 0 Å². The molecule has 4 rings (SSSR count). The van der Waals surface area contributed by atoms with Crippen LogP contribution in [-0.4, -0.2) is 57.0 Å². The number of carbonyl (C=O) groups excluding carboxylic acids is 3. The lowest BCUT2D eigenvalue weighted by Gasteiger charge is -2.13.